The number of halogens is 1. The smallest absolute Gasteiger partial charge is 0.157 e. The van der Waals surface area contributed by atoms with Crippen molar-refractivity contribution in [3.8, 4) is 11.4 Å². The SMILES string of the molecule is CNCCCOc1cnn(-c2ccc(F)cc2)c1. The number of nitrogens with zero attached hydrogens (tertiary/aromatic N) is 2. The molecule has 0 aliphatic carbocycles. The average Bonchev–Trinajstić information content (AvgIpc) is 2.84. The Balaban J connectivity index is 1.95. The van der Waals surface area contributed by atoms with E-state index in [1.807, 2.05) is 7.05 Å². The molecule has 0 unspecified atom stereocenters. The molecule has 0 aliphatic heterocycles. The molecule has 1 N–H and O–H groups in total. The van der Waals surface area contributed by atoms with E-state index in [2.05, 4.69) is 10.4 Å². The van der Waals surface area contributed by atoms with Crippen LogP contribution in [0.15, 0.2) is 36.7 Å². The highest BCUT2D eigenvalue weighted by molar-refractivity contribution is 5.32. The van der Waals surface area contributed by atoms with Crippen molar-refractivity contribution < 1.29 is 9.13 Å². The minimum atomic E-state index is -0.255. The molecule has 18 heavy (non-hydrogen) atoms. The lowest BCUT2D eigenvalue weighted by Crippen LogP contribution is -2.11. The van der Waals surface area contributed by atoms with Gasteiger partial charge in [0, 0.05) is 0 Å². The van der Waals surface area contributed by atoms with Gasteiger partial charge in [-0.15, -0.1) is 0 Å². The van der Waals surface area contributed by atoms with Gasteiger partial charge in [0.1, 0.15) is 5.82 Å². The van der Waals surface area contributed by atoms with Gasteiger partial charge in [0.25, 0.3) is 0 Å². The molecule has 0 atom stereocenters. The molecule has 5 heteroatoms. The molecule has 0 fully saturated rings. The molecule has 2 aromatic rings. The summed E-state index contributed by atoms with van der Waals surface area (Å²) in [7, 11) is 1.91. The first-order chi connectivity index (χ1) is 8.79. The second-order valence-electron chi connectivity index (χ2n) is 3.90. The third-order valence-electron chi connectivity index (χ3n) is 2.49. The number of rotatable bonds is 6. The van der Waals surface area contributed by atoms with Crippen LogP contribution in [0.25, 0.3) is 5.69 Å². The van der Waals surface area contributed by atoms with Crippen LogP contribution in [0.3, 0.4) is 0 Å². The zero-order valence-electron chi connectivity index (χ0n) is 10.3. The second kappa shape index (κ2) is 6.16. The summed E-state index contributed by atoms with van der Waals surface area (Å²) in [6.07, 6.45) is 4.38. The van der Waals surface area contributed by atoms with Crippen LogP contribution in [-0.4, -0.2) is 30.0 Å². The molecule has 2 rings (SSSR count). The number of aromatic nitrogens is 2. The Morgan fingerprint density at radius 3 is 2.83 bits per heavy atom. The second-order valence-corrected chi connectivity index (χ2v) is 3.90. The number of hydrogen-bond donors (Lipinski definition) is 1. The van der Waals surface area contributed by atoms with Gasteiger partial charge in [-0.25, -0.2) is 9.07 Å². The van der Waals surface area contributed by atoms with E-state index in [-0.39, 0.29) is 5.82 Å². The largest absolute Gasteiger partial charge is 0.490 e. The summed E-state index contributed by atoms with van der Waals surface area (Å²) in [4.78, 5) is 0. The molecule has 0 bridgehead atoms. The predicted molar refractivity (Wildman–Crippen MR) is 67.6 cm³/mol. The van der Waals surface area contributed by atoms with Crippen LogP contribution in [0, 0.1) is 5.82 Å². The van der Waals surface area contributed by atoms with E-state index in [0.717, 1.165) is 24.4 Å². The Hall–Kier alpha value is -1.88. The normalized spacial score (nSPS) is 10.6. The van der Waals surface area contributed by atoms with Gasteiger partial charge in [0.2, 0.25) is 0 Å². The minimum Gasteiger partial charge on any atom is -0.490 e. The molecule has 0 amide bonds. The minimum absolute atomic E-state index is 0.255. The Morgan fingerprint density at radius 1 is 1.33 bits per heavy atom. The van der Waals surface area contributed by atoms with Gasteiger partial charge in [-0.3, -0.25) is 0 Å². The van der Waals surface area contributed by atoms with Gasteiger partial charge in [-0.1, -0.05) is 0 Å². The summed E-state index contributed by atoms with van der Waals surface area (Å²) >= 11 is 0. The van der Waals surface area contributed by atoms with Crippen molar-refractivity contribution in [3.05, 3.63) is 42.5 Å². The molecular weight excluding hydrogens is 233 g/mol. The fraction of sp³-hybridized carbons (Fsp3) is 0.308. The molecule has 1 aromatic carbocycles. The van der Waals surface area contributed by atoms with Crippen LogP contribution < -0.4 is 10.1 Å². The molecule has 0 saturated heterocycles. The number of ether oxygens (including phenoxy) is 1. The van der Waals surface area contributed by atoms with E-state index >= 15 is 0 Å². The van der Waals surface area contributed by atoms with Gasteiger partial charge in [0.05, 0.1) is 24.7 Å². The predicted octanol–water partition coefficient (Wildman–Crippen LogP) is 2.00. The lowest BCUT2D eigenvalue weighted by atomic mass is 10.3. The van der Waals surface area contributed by atoms with E-state index in [1.54, 1.807) is 29.2 Å². The third kappa shape index (κ3) is 3.30. The summed E-state index contributed by atoms with van der Waals surface area (Å²) in [6, 6.07) is 6.16. The molecule has 0 spiro atoms. The molecule has 0 saturated carbocycles. The Bertz CT molecular complexity index is 481. The first kappa shape index (κ1) is 12.6. The molecule has 1 aromatic heterocycles. The van der Waals surface area contributed by atoms with E-state index in [4.69, 9.17) is 4.74 Å². The molecule has 0 aliphatic rings. The summed E-state index contributed by atoms with van der Waals surface area (Å²) in [5.74, 6) is 0.463. The van der Waals surface area contributed by atoms with Crippen molar-refractivity contribution in [1.82, 2.24) is 15.1 Å². The van der Waals surface area contributed by atoms with E-state index in [9.17, 15) is 4.39 Å². The summed E-state index contributed by atoms with van der Waals surface area (Å²) < 4.78 is 20.0. The van der Waals surface area contributed by atoms with Gasteiger partial charge in [-0.2, -0.15) is 5.10 Å². The molecule has 1 heterocycles. The highest BCUT2D eigenvalue weighted by Gasteiger charge is 2.01. The quantitative estimate of drug-likeness (QED) is 0.796. The van der Waals surface area contributed by atoms with E-state index < -0.39 is 0 Å². The third-order valence-corrected chi connectivity index (χ3v) is 2.49. The lowest BCUT2D eigenvalue weighted by molar-refractivity contribution is 0.309. The maximum absolute atomic E-state index is 12.8. The van der Waals surface area contributed by atoms with Crippen LogP contribution in [0.4, 0.5) is 4.39 Å². The zero-order valence-corrected chi connectivity index (χ0v) is 10.3. The highest BCUT2D eigenvalue weighted by atomic mass is 19.1. The highest BCUT2D eigenvalue weighted by Crippen LogP contribution is 2.14. The first-order valence-corrected chi connectivity index (χ1v) is 5.87. The van der Waals surface area contributed by atoms with Crippen molar-refractivity contribution in [1.29, 1.82) is 0 Å². The molecule has 4 nitrogen and oxygen atoms in total. The molecule has 96 valence electrons. The van der Waals surface area contributed by atoms with Crippen molar-refractivity contribution in [2.45, 2.75) is 6.42 Å². The Morgan fingerprint density at radius 2 is 2.11 bits per heavy atom. The van der Waals surface area contributed by atoms with Crippen molar-refractivity contribution >= 4 is 0 Å². The van der Waals surface area contributed by atoms with Gasteiger partial charge in [-0.05, 0) is 44.3 Å². The maximum atomic E-state index is 12.8. The fourth-order valence-corrected chi connectivity index (χ4v) is 1.55. The average molecular weight is 249 g/mol. The van der Waals surface area contributed by atoms with E-state index in [1.165, 1.54) is 12.1 Å². The zero-order chi connectivity index (χ0) is 12.8. The topological polar surface area (TPSA) is 39.1 Å². The Labute approximate surface area is 105 Å². The number of hydrogen-bond acceptors (Lipinski definition) is 3. The number of nitrogens with one attached hydrogen (secondary N) is 1. The lowest BCUT2D eigenvalue weighted by Gasteiger charge is -2.02. The van der Waals surface area contributed by atoms with E-state index in [0.29, 0.717) is 6.61 Å². The van der Waals surface area contributed by atoms with Crippen LogP contribution in [0.2, 0.25) is 0 Å². The number of benzene rings is 1. The van der Waals surface area contributed by atoms with Crippen LogP contribution in [0.1, 0.15) is 6.42 Å². The van der Waals surface area contributed by atoms with Gasteiger partial charge >= 0.3 is 0 Å². The first-order valence-electron chi connectivity index (χ1n) is 5.87. The standard InChI is InChI=1S/C13H16FN3O/c1-15-7-2-8-18-13-9-16-17(10-13)12-5-3-11(14)4-6-12/h3-6,9-10,15H,2,7-8H2,1H3. The van der Waals surface area contributed by atoms with Gasteiger partial charge in [0.15, 0.2) is 5.75 Å². The Kier molecular flexibility index (Phi) is 4.30. The monoisotopic (exact) mass is 249 g/mol. The molecular formula is C13H16FN3O. The van der Waals surface area contributed by atoms with Crippen molar-refractivity contribution in [2.75, 3.05) is 20.2 Å². The van der Waals surface area contributed by atoms with Crippen LogP contribution in [0.5, 0.6) is 5.75 Å². The summed E-state index contributed by atoms with van der Waals surface area (Å²) in [5.41, 5.74) is 0.807. The van der Waals surface area contributed by atoms with Crippen molar-refractivity contribution in [3.63, 3.8) is 0 Å². The van der Waals surface area contributed by atoms with Gasteiger partial charge < -0.3 is 10.1 Å². The summed E-state index contributed by atoms with van der Waals surface area (Å²) in [5, 5.41) is 7.22. The molecule has 0 radical (unpaired) electrons. The maximum Gasteiger partial charge on any atom is 0.157 e. The fourth-order valence-electron chi connectivity index (χ4n) is 1.55. The van der Waals surface area contributed by atoms with Crippen LogP contribution >= 0.6 is 0 Å². The summed E-state index contributed by atoms with van der Waals surface area (Å²) in [6.45, 7) is 1.57. The van der Waals surface area contributed by atoms with Crippen molar-refractivity contribution in [2.24, 2.45) is 0 Å². The van der Waals surface area contributed by atoms with Crippen LogP contribution in [-0.2, 0) is 0 Å².